The number of hydrogen-bond acceptors (Lipinski definition) is 8. The van der Waals surface area contributed by atoms with Gasteiger partial charge in [-0.3, -0.25) is 0 Å². The summed E-state index contributed by atoms with van der Waals surface area (Å²) in [5.74, 6) is 1.87. The Morgan fingerprint density at radius 1 is 0.938 bits per heavy atom. The van der Waals surface area contributed by atoms with Crippen LogP contribution >= 0.6 is 11.6 Å². The number of anilines is 2. The van der Waals surface area contributed by atoms with Gasteiger partial charge < -0.3 is 19.4 Å². The van der Waals surface area contributed by atoms with Gasteiger partial charge in [0.2, 0.25) is 16.0 Å². The summed E-state index contributed by atoms with van der Waals surface area (Å²) in [6.45, 7) is 7.51. The molecule has 9 nitrogen and oxygen atoms in total. The second-order valence-corrected chi connectivity index (χ2v) is 10.5. The van der Waals surface area contributed by atoms with Gasteiger partial charge in [0.25, 0.3) is 0 Å². The average molecular weight is 481 g/mol. The summed E-state index contributed by atoms with van der Waals surface area (Å²) in [5.41, 5.74) is 0.905. The molecule has 0 N–H and O–H groups in total. The van der Waals surface area contributed by atoms with E-state index in [2.05, 4.69) is 21.8 Å². The molecule has 2 fully saturated rings. The van der Waals surface area contributed by atoms with Crippen LogP contribution < -0.4 is 14.5 Å². The standard InChI is InChI=1S/C21H29ClN6O3S/c1-16-14-20(26-8-6-25(2)7-9-26)24-21(23-16)27-10-12-28(13-11-27)32(29,30)19-15-17(22)4-5-18(19)31-3/h4-5,14-15H,6-13H2,1-3H3. The zero-order chi connectivity index (χ0) is 22.9. The second-order valence-electron chi connectivity index (χ2n) is 8.14. The van der Waals surface area contributed by atoms with E-state index < -0.39 is 10.0 Å². The fourth-order valence-electron chi connectivity index (χ4n) is 4.00. The van der Waals surface area contributed by atoms with E-state index in [1.807, 2.05) is 17.9 Å². The molecule has 0 amide bonds. The van der Waals surface area contributed by atoms with Gasteiger partial charge in [0, 0.05) is 69.1 Å². The normalized spacial score (nSPS) is 18.8. The van der Waals surface area contributed by atoms with Crippen LogP contribution in [-0.4, -0.2) is 94.1 Å². The van der Waals surface area contributed by atoms with E-state index in [9.17, 15) is 8.42 Å². The molecule has 2 aromatic rings. The molecule has 1 aromatic carbocycles. The lowest BCUT2D eigenvalue weighted by Crippen LogP contribution is -2.49. The Kier molecular flexibility index (Phi) is 6.75. The molecular weight excluding hydrogens is 452 g/mol. The van der Waals surface area contributed by atoms with Gasteiger partial charge in [-0.15, -0.1) is 0 Å². The van der Waals surface area contributed by atoms with E-state index >= 15 is 0 Å². The maximum absolute atomic E-state index is 13.2. The largest absolute Gasteiger partial charge is 0.495 e. The maximum Gasteiger partial charge on any atom is 0.246 e. The van der Waals surface area contributed by atoms with Gasteiger partial charge in [-0.25, -0.2) is 13.4 Å². The molecule has 1 aromatic heterocycles. The molecule has 3 heterocycles. The minimum atomic E-state index is -3.73. The van der Waals surface area contributed by atoms with Crippen molar-refractivity contribution in [3.8, 4) is 5.75 Å². The summed E-state index contributed by atoms with van der Waals surface area (Å²) < 4.78 is 33.2. The Morgan fingerprint density at radius 2 is 1.59 bits per heavy atom. The Labute approximate surface area is 194 Å². The quantitative estimate of drug-likeness (QED) is 0.639. The van der Waals surface area contributed by atoms with Crippen molar-refractivity contribution < 1.29 is 13.2 Å². The molecule has 0 saturated carbocycles. The second kappa shape index (κ2) is 9.38. The Bertz CT molecular complexity index is 1070. The van der Waals surface area contributed by atoms with Crippen LogP contribution in [0, 0.1) is 6.92 Å². The first-order valence-electron chi connectivity index (χ1n) is 10.7. The van der Waals surface area contributed by atoms with Gasteiger partial charge >= 0.3 is 0 Å². The van der Waals surface area contributed by atoms with Crippen LogP contribution in [0.25, 0.3) is 0 Å². The highest BCUT2D eigenvalue weighted by molar-refractivity contribution is 7.89. The predicted octanol–water partition coefficient (Wildman–Crippen LogP) is 1.71. The maximum atomic E-state index is 13.2. The van der Waals surface area contributed by atoms with Crippen molar-refractivity contribution in [1.29, 1.82) is 0 Å². The Hall–Kier alpha value is -2.14. The summed E-state index contributed by atoms with van der Waals surface area (Å²) in [6.07, 6.45) is 0. The third kappa shape index (κ3) is 4.78. The van der Waals surface area contributed by atoms with E-state index in [4.69, 9.17) is 21.3 Å². The minimum Gasteiger partial charge on any atom is -0.495 e. The zero-order valence-electron chi connectivity index (χ0n) is 18.7. The summed E-state index contributed by atoms with van der Waals surface area (Å²) >= 11 is 6.05. The van der Waals surface area contributed by atoms with Crippen LogP contribution in [0.15, 0.2) is 29.2 Å². The summed E-state index contributed by atoms with van der Waals surface area (Å²) in [6, 6.07) is 6.64. The first-order valence-corrected chi connectivity index (χ1v) is 12.5. The zero-order valence-corrected chi connectivity index (χ0v) is 20.2. The fraction of sp³-hybridized carbons (Fsp3) is 0.524. The molecule has 32 heavy (non-hydrogen) atoms. The van der Waals surface area contributed by atoms with E-state index in [1.165, 1.54) is 17.5 Å². The fourth-order valence-corrected chi connectivity index (χ4v) is 5.84. The number of hydrogen-bond donors (Lipinski definition) is 0. The topological polar surface area (TPSA) is 82.1 Å². The minimum absolute atomic E-state index is 0.0881. The lowest BCUT2D eigenvalue weighted by Gasteiger charge is -2.36. The third-order valence-electron chi connectivity index (χ3n) is 5.92. The van der Waals surface area contributed by atoms with Gasteiger partial charge in [0.1, 0.15) is 16.5 Å². The number of ether oxygens (including phenoxy) is 1. The number of aromatic nitrogens is 2. The van der Waals surface area contributed by atoms with E-state index in [1.54, 1.807) is 12.1 Å². The number of aryl methyl sites for hydroxylation is 1. The van der Waals surface area contributed by atoms with Crippen molar-refractivity contribution >= 4 is 33.4 Å². The van der Waals surface area contributed by atoms with Gasteiger partial charge in [0.15, 0.2) is 0 Å². The monoisotopic (exact) mass is 480 g/mol. The number of halogens is 1. The Balaban J connectivity index is 1.49. The lowest BCUT2D eigenvalue weighted by atomic mass is 10.3. The average Bonchev–Trinajstić information content (AvgIpc) is 2.79. The number of sulfonamides is 1. The van der Waals surface area contributed by atoms with Gasteiger partial charge in [-0.1, -0.05) is 11.6 Å². The first-order chi connectivity index (χ1) is 15.3. The van der Waals surface area contributed by atoms with E-state index in [-0.39, 0.29) is 10.6 Å². The highest BCUT2D eigenvalue weighted by Crippen LogP contribution is 2.30. The molecule has 0 spiro atoms. The summed E-state index contributed by atoms with van der Waals surface area (Å²) in [7, 11) is -0.151. The molecule has 2 aliphatic rings. The molecule has 0 bridgehead atoms. The SMILES string of the molecule is COc1ccc(Cl)cc1S(=O)(=O)N1CCN(c2nc(C)cc(N3CCN(C)CC3)n2)CC1. The molecule has 2 aliphatic heterocycles. The lowest BCUT2D eigenvalue weighted by molar-refractivity contribution is 0.312. The molecule has 0 radical (unpaired) electrons. The highest BCUT2D eigenvalue weighted by atomic mass is 35.5. The van der Waals surface area contributed by atoms with Crippen LogP contribution in [0.1, 0.15) is 5.69 Å². The van der Waals surface area contributed by atoms with E-state index in [0.29, 0.717) is 37.1 Å². The van der Waals surface area contributed by atoms with Crippen molar-refractivity contribution in [2.75, 3.05) is 76.3 Å². The van der Waals surface area contributed by atoms with E-state index in [0.717, 1.165) is 37.7 Å². The molecule has 0 unspecified atom stereocenters. The summed E-state index contributed by atoms with van der Waals surface area (Å²) in [5, 5.41) is 0.354. The number of rotatable bonds is 5. The molecular formula is C21H29ClN6O3S. The third-order valence-corrected chi connectivity index (χ3v) is 8.08. The molecule has 11 heteroatoms. The molecule has 2 saturated heterocycles. The van der Waals surface area contributed by atoms with Crippen LogP contribution in [0.3, 0.4) is 0 Å². The molecule has 174 valence electrons. The number of nitrogens with zero attached hydrogens (tertiary/aromatic N) is 6. The molecule has 4 rings (SSSR count). The number of benzene rings is 1. The van der Waals surface area contributed by atoms with Crippen LogP contribution in [0.2, 0.25) is 5.02 Å². The van der Waals surface area contributed by atoms with Crippen LogP contribution in [0.5, 0.6) is 5.75 Å². The van der Waals surface area contributed by atoms with Crippen molar-refractivity contribution in [1.82, 2.24) is 19.2 Å². The van der Waals surface area contributed by atoms with Crippen LogP contribution in [-0.2, 0) is 10.0 Å². The molecule has 0 atom stereocenters. The van der Waals surface area contributed by atoms with Crippen molar-refractivity contribution in [3.63, 3.8) is 0 Å². The Morgan fingerprint density at radius 3 is 2.25 bits per heavy atom. The summed E-state index contributed by atoms with van der Waals surface area (Å²) in [4.78, 5) is 16.2. The van der Waals surface area contributed by atoms with Crippen molar-refractivity contribution in [2.45, 2.75) is 11.8 Å². The predicted molar refractivity (Wildman–Crippen MR) is 125 cm³/mol. The van der Waals surface area contributed by atoms with Gasteiger partial charge in [-0.2, -0.15) is 9.29 Å². The van der Waals surface area contributed by atoms with Gasteiger partial charge in [0.05, 0.1) is 7.11 Å². The smallest absolute Gasteiger partial charge is 0.246 e. The molecule has 0 aliphatic carbocycles. The number of piperazine rings is 2. The van der Waals surface area contributed by atoms with Crippen LogP contribution in [0.4, 0.5) is 11.8 Å². The van der Waals surface area contributed by atoms with Crippen molar-refractivity contribution in [3.05, 3.63) is 35.0 Å². The number of methoxy groups -OCH3 is 1. The number of likely N-dealkylation sites (N-methyl/N-ethyl adjacent to an activating group) is 1. The first kappa shape index (κ1) is 23.0. The highest BCUT2D eigenvalue weighted by Gasteiger charge is 2.32. The van der Waals surface area contributed by atoms with Crippen molar-refractivity contribution in [2.24, 2.45) is 0 Å². The van der Waals surface area contributed by atoms with Gasteiger partial charge in [-0.05, 0) is 32.2 Å².